The van der Waals surface area contributed by atoms with E-state index in [0.717, 1.165) is 10.1 Å². The monoisotopic (exact) mass is 320 g/mol. The smallest absolute Gasteiger partial charge is 0.342 e. The number of benzene rings is 1. The molecule has 0 saturated heterocycles. The fourth-order valence-corrected chi connectivity index (χ4v) is 3.53. The van der Waals surface area contributed by atoms with Gasteiger partial charge in [-0.1, -0.05) is 6.07 Å². The van der Waals surface area contributed by atoms with Gasteiger partial charge >= 0.3 is 5.97 Å². The highest BCUT2D eigenvalue weighted by atomic mass is 32.1. The van der Waals surface area contributed by atoms with E-state index in [0.29, 0.717) is 11.1 Å². The topological polar surface area (TPSA) is 87.0 Å². The van der Waals surface area contributed by atoms with E-state index in [-0.39, 0.29) is 6.42 Å². The Bertz CT molecular complexity index is 750. The molecule has 0 bridgehead atoms. The number of hydrogen-bond donors (Lipinski definition) is 3. The van der Waals surface area contributed by atoms with Gasteiger partial charge in [-0.2, -0.15) is 0 Å². The highest BCUT2D eigenvalue weighted by Crippen LogP contribution is 2.35. The van der Waals surface area contributed by atoms with E-state index in [2.05, 4.69) is 4.74 Å². The Morgan fingerprint density at radius 1 is 1.36 bits per heavy atom. The summed E-state index contributed by atoms with van der Waals surface area (Å²) in [6.07, 6.45) is -1.43. The van der Waals surface area contributed by atoms with Gasteiger partial charge in [0.2, 0.25) is 0 Å². The molecule has 116 valence electrons. The van der Waals surface area contributed by atoms with Crippen LogP contribution in [0.1, 0.15) is 12.0 Å². The molecule has 1 aliphatic rings. The van der Waals surface area contributed by atoms with Crippen LogP contribution in [0.25, 0.3) is 15.7 Å². The van der Waals surface area contributed by atoms with Gasteiger partial charge in [-0.05, 0) is 46.2 Å². The Morgan fingerprint density at radius 3 is 2.86 bits per heavy atom. The van der Waals surface area contributed by atoms with E-state index in [1.807, 2.05) is 23.6 Å². The second kappa shape index (κ2) is 5.48. The fourth-order valence-electron chi connectivity index (χ4n) is 2.76. The molecule has 6 heteroatoms. The SMILES string of the molecule is COC(=O)[C@]1(O)C=C(c2ccc3sccc3c2)[C@@H](O)[C@H](O)C1. The first-order valence-electron chi connectivity index (χ1n) is 6.82. The van der Waals surface area contributed by atoms with E-state index in [9.17, 15) is 20.1 Å². The third-order valence-electron chi connectivity index (χ3n) is 3.92. The lowest BCUT2D eigenvalue weighted by atomic mass is 9.80. The molecular weight excluding hydrogens is 304 g/mol. The maximum atomic E-state index is 11.8. The zero-order valence-corrected chi connectivity index (χ0v) is 12.7. The number of carbonyl (C=O) groups excluding carboxylic acids is 1. The van der Waals surface area contributed by atoms with Crippen molar-refractivity contribution in [3.63, 3.8) is 0 Å². The number of methoxy groups -OCH3 is 1. The molecule has 1 aromatic heterocycles. The van der Waals surface area contributed by atoms with Crippen LogP contribution in [0.15, 0.2) is 35.7 Å². The van der Waals surface area contributed by atoms with Crippen molar-refractivity contribution < 1.29 is 24.9 Å². The van der Waals surface area contributed by atoms with Crippen molar-refractivity contribution in [1.29, 1.82) is 0 Å². The third kappa shape index (κ3) is 2.44. The zero-order valence-electron chi connectivity index (χ0n) is 11.9. The summed E-state index contributed by atoms with van der Waals surface area (Å²) in [5.74, 6) is -0.854. The Labute approximate surface area is 131 Å². The lowest BCUT2D eigenvalue weighted by Gasteiger charge is -2.34. The Balaban J connectivity index is 2.10. The second-order valence-corrected chi connectivity index (χ2v) is 6.35. The predicted molar refractivity (Wildman–Crippen MR) is 83.4 cm³/mol. The molecule has 3 atom stereocenters. The van der Waals surface area contributed by atoms with Crippen LogP contribution in [-0.2, 0) is 9.53 Å². The summed E-state index contributed by atoms with van der Waals surface area (Å²) in [6.45, 7) is 0. The molecular formula is C16H16O5S. The van der Waals surface area contributed by atoms with Crippen molar-refractivity contribution in [2.45, 2.75) is 24.2 Å². The van der Waals surface area contributed by atoms with Crippen molar-refractivity contribution in [3.05, 3.63) is 41.3 Å². The minimum Gasteiger partial charge on any atom is -0.467 e. The minimum atomic E-state index is -1.94. The summed E-state index contributed by atoms with van der Waals surface area (Å²) < 4.78 is 5.69. The number of fused-ring (bicyclic) bond motifs is 1. The molecule has 5 nitrogen and oxygen atoms in total. The van der Waals surface area contributed by atoms with Gasteiger partial charge in [-0.15, -0.1) is 11.3 Å². The largest absolute Gasteiger partial charge is 0.467 e. The van der Waals surface area contributed by atoms with Crippen LogP contribution >= 0.6 is 11.3 Å². The van der Waals surface area contributed by atoms with Gasteiger partial charge in [0, 0.05) is 11.1 Å². The standard InChI is InChI=1S/C16H16O5S/c1-21-15(19)16(20)7-11(14(18)12(17)8-16)9-2-3-13-10(6-9)4-5-22-13/h2-7,12,14,17-18,20H,8H2,1H3/t12-,14-,16+/m1/s1. The third-order valence-corrected chi connectivity index (χ3v) is 4.82. The fraction of sp³-hybridized carbons (Fsp3) is 0.312. The van der Waals surface area contributed by atoms with Gasteiger partial charge in [-0.3, -0.25) is 0 Å². The van der Waals surface area contributed by atoms with Crippen molar-refractivity contribution in [3.8, 4) is 0 Å². The highest BCUT2D eigenvalue weighted by Gasteiger charge is 2.44. The molecule has 1 heterocycles. The van der Waals surface area contributed by atoms with Crippen LogP contribution in [0.4, 0.5) is 0 Å². The summed E-state index contributed by atoms with van der Waals surface area (Å²) in [7, 11) is 1.17. The lowest BCUT2D eigenvalue weighted by Crippen LogP contribution is -2.48. The first-order valence-corrected chi connectivity index (χ1v) is 7.70. The summed E-state index contributed by atoms with van der Waals surface area (Å²) in [4.78, 5) is 11.8. The van der Waals surface area contributed by atoms with Crippen LogP contribution in [0, 0.1) is 0 Å². The summed E-state index contributed by atoms with van der Waals surface area (Å²) in [5, 5.41) is 33.6. The number of rotatable bonds is 2. The van der Waals surface area contributed by atoms with Crippen LogP contribution in [0.2, 0.25) is 0 Å². The van der Waals surface area contributed by atoms with Gasteiger partial charge in [0.1, 0.15) is 6.10 Å². The highest BCUT2D eigenvalue weighted by molar-refractivity contribution is 7.17. The van der Waals surface area contributed by atoms with Gasteiger partial charge in [-0.25, -0.2) is 4.79 Å². The quantitative estimate of drug-likeness (QED) is 0.726. The summed E-state index contributed by atoms with van der Waals surface area (Å²) in [5.41, 5.74) is -0.967. The normalized spacial score (nSPS) is 28.5. The molecule has 22 heavy (non-hydrogen) atoms. The molecule has 3 N–H and O–H groups in total. The van der Waals surface area contributed by atoms with E-state index >= 15 is 0 Å². The van der Waals surface area contributed by atoms with E-state index in [1.165, 1.54) is 13.2 Å². The predicted octanol–water partition coefficient (Wildman–Crippen LogP) is 1.31. The number of aliphatic hydroxyl groups is 3. The molecule has 0 spiro atoms. The van der Waals surface area contributed by atoms with Gasteiger partial charge in [0.05, 0.1) is 13.2 Å². The van der Waals surface area contributed by atoms with Gasteiger partial charge < -0.3 is 20.1 Å². The Morgan fingerprint density at radius 2 is 2.14 bits per heavy atom. The summed E-state index contributed by atoms with van der Waals surface area (Å²) >= 11 is 1.60. The van der Waals surface area contributed by atoms with Crippen LogP contribution in [0.5, 0.6) is 0 Å². The van der Waals surface area contributed by atoms with E-state index in [1.54, 1.807) is 17.4 Å². The molecule has 0 saturated carbocycles. The number of carbonyl (C=O) groups is 1. The summed E-state index contributed by atoms with van der Waals surface area (Å²) in [6, 6.07) is 7.50. The van der Waals surface area contributed by atoms with Crippen molar-refractivity contribution >= 4 is 33.0 Å². The number of ether oxygens (including phenoxy) is 1. The number of hydrogen-bond acceptors (Lipinski definition) is 6. The van der Waals surface area contributed by atoms with E-state index < -0.39 is 23.8 Å². The maximum Gasteiger partial charge on any atom is 0.342 e. The lowest BCUT2D eigenvalue weighted by molar-refractivity contribution is -0.161. The Kier molecular flexibility index (Phi) is 3.78. The molecule has 1 aromatic carbocycles. The number of aliphatic hydroxyl groups excluding tert-OH is 2. The first kappa shape index (κ1) is 15.2. The van der Waals surface area contributed by atoms with Crippen LogP contribution in [-0.4, -0.2) is 46.2 Å². The zero-order chi connectivity index (χ0) is 15.9. The molecule has 1 aliphatic carbocycles. The van der Waals surface area contributed by atoms with Crippen LogP contribution < -0.4 is 0 Å². The molecule has 2 aromatic rings. The van der Waals surface area contributed by atoms with E-state index in [4.69, 9.17) is 0 Å². The van der Waals surface area contributed by atoms with Gasteiger partial charge in [0.15, 0.2) is 5.60 Å². The first-order chi connectivity index (χ1) is 10.4. The molecule has 0 unspecified atom stereocenters. The number of thiophene rings is 1. The van der Waals surface area contributed by atoms with Gasteiger partial charge in [0.25, 0.3) is 0 Å². The molecule has 0 aliphatic heterocycles. The second-order valence-electron chi connectivity index (χ2n) is 5.41. The average Bonchev–Trinajstić information content (AvgIpc) is 2.97. The van der Waals surface area contributed by atoms with Crippen molar-refractivity contribution in [1.82, 2.24) is 0 Å². The average molecular weight is 320 g/mol. The van der Waals surface area contributed by atoms with Crippen LogP contribution in [0.3, 0.4) is 0 Å². The molecule has 0 amide bonds. The molecule has 3 rings (SSSR count). The maximum absolute atomic E-state index is 11.8. The van der Waals surface area contributed by atoms with Crippen molar-refractivity contribution in [2.75, 3.05) is 7.11 Å². The molecule has 0 fully saturated rings. The number of esters is 1. The Hall–Kier alpha value is -1.73. The minimum absolute atomic E-state index is 0.301. The molecule has 0 radical (unpaired) electrons. The van der Waals surface area contributed by atoms with Crippen molar-refractivity contribution in [2.24, 2.45) is 0 Å².